The van der Waals surface area contributed by atoms with Crippen molar-refractivity contribution < 1.29 is 4.79 Å². The van der Waals surface area contributed by atoms with Crippen LogP contribution >= 0.6 is 0 Å². The predicted molar refractivity (Wildman–Crippen MR) is 136 cm³/mol. The Kier molecular flexibility index (Phi) is 6.92. The van der Waals surface area contributed by atoms with Crippen molar-refractivity contribution in [3.63, 3.8) is 0 Å². The number of nitrogens with zero attached hydrogens (tertiary/aromatic N) is 4. The number of piperidine rings is 1. The Balaban J connectivity index is 0.00000126. The van der Waals surface area contributed by atoms with E-state index in [9.17, 15) is 4.79 Å². The summed E-state index contributed by atoms with van der Waals surface area (Å²) in [5.41, 5.74) is 6.30. The fourth-order valence-electron chi connectivity index (χ4n) is 4.58. The van der Waals surface area contributed by atoms with Gasteiger partial charge in [0.15, 0.2) is 0 Å². The Morgan fingerprint density at radius 3 is 2.55 bits per heavy atom. The molecule has 0 spiro atoms. The molecule has 1 amide bonds. The lowest BCUT2D eigenvalue weighted by Crippen LogP contribution is -2.41. The molecule has 1 aliphatic rings. The number of nitrogens with one attached hydrogen (secondary N) is 1. The summed E-state index contributed by atoms with van der Waals surface area (Å²) in [6.07, 6.45) is 7.53. The molecule has 0 aliphatic carbocycles. The number of rotatable bonds is 4. The zero-order valence-electron chi connectivity index (χ0n) is 20.0. The number of aromatic nitrogens is 3. The van der Waals surface area contributed by atoms with Crippen LogP contribution in [0.1, 0.15) is 40.5 Å². The van der Waals surface area contributed by atoms with Crippen LogP contribution in [0.4, 0.5) is 5.69 Å². The van der Waals surface area contributed by atoms with Crippen LogP contribution in [0, 0.1) is 0 Å². The first kappa shape index (κ1) is 22.8. The third-order valence-corrected chi connectivity index (χ3v) is 6.31. The van der Waals surface area contributed by atoms with Gasteiger partial charge in [0.25, 0.3) is 0 Å². The van der Waals surface area contributed by atoms with Gasteiger partial charge < -0.3 is 14.8 Å². The van der Waals surface area contributed by atoms with E-state index in [1.54, 1.807) is 19.3 Å². The van der Waals surface area contributed by atoms with Gasteiger partial charge in [-0.1, -0.05) is 26.0 Å². The molecule has 5 rings (SSSR count). The zero-order valence-corrected chi connectivity index (χ0v) is 20.0. The van der Waals surface area contributed by atoms with Crippen LogP contribution in [0.5, 0.6) is 0 Å². The minimum atomic E-state index is 0.161. The predicted octanol–water partition coefficient (Wildman–Crippen LogP) is 5.72. The molecule has 6 heteroatoms. The molecule has 1 saturated heterocycles. The molecule has 4 aromatic rings. The summed E-state index contributed by atoms with van der Waals surface area (Å²) in [5, 5.41) is 4.93. The van der Waals surface area contributed by atoms with Crippen LogP contribution in [0.2, 0.25) is 0 Å². The quantitative estimate of drug-likeness (QED) is 0.438. The second kappa shape index (κ2) is 10.0. The molecule has 2 aromatic heterocycles. The minimum Gasteiger partial charge on any atom is -0.382 e. The van der Waals surface area contributed by atoms with Gasteiger partial charge in [-0.25, -0.2) is 0 Å². The van der Waals surface area contributed by atoms with Crippen LogP contribution in [0.3, 0.4) is 0 Å². The fraction of sp³-hybridized carbons (Fsp3) is 0.370. The van der Waals surface area contributed by atoms with E-state index in [1.165, 1.54) is 10.9 Å². The highest BCUT2D eigenvalue weighted by molar-refractivity contribution is 5.97. The van der Waals surface area contributed by atoms with Crippen molar-refractivity contribution in [1.82, 2.24) is 19.4 Å². The van der Waals surface area contributed by atoms with Crippen LogP contribution in [-0.4, -0.2) is 44.5 Å². The molecule has 2 aromatic carbocycles. The van der Waals surface area contributed by atoms with Crippen molar-refractivity contribution in [1.29, 1.82) is 0 Å². The number of carbonyl (C=O) groups excluding carboxylic acids is 1. The van der Waals surface area contributed by atoms with E-state index in [2.05, 4.69) is 69.4 Å². The molecule has 0 atom stereocenters. The highest BCUT2D eigenvalue weighted by Gasteiger charge is 2.21. The van der Waals surface area contributed by atoms with Crippen molar-refractivity contribution in [3.05, 3.63) is 55.0 Å². The number of hydrogen-bond acceptors (Lipinski definition) is 4. The van der Waals surface area contributed by atoms with Crippen molar-refractivity contribution in [2.45, 2.75) is 53.1 Å². The Labute approximate surface area is 195 Å². The maximum absolute atomic E-state index is 11.6. The Morgan fingerprint density at radius 1 is 1.06 bits per heavy atom. The smallest absolute Gasteiger partial charge is 0.219 e. The molecule has 1 aliphatic heterocycles. The SMILES string of the molecule is CC.CCn1ccc2ccc(-c3cc(NC4CCN(C(C)=O)CC4)cc4nccnc34)cc21. The van der Waals surface area contributed by atoms with E-state index in [0.717, 1.165) is 60.3 Å². The molecule has 6 nitrogen and oxygen atoms in total. The maximum atomic E-state index is 11.6. The van der Waals surface area contributed by atoms with Crippen LogP contribution in [0.15, 0.2) is 55.0 Å². The van der Waals surface area contributed by atoms with Gasteiger partial charge in [-0.15, -0.1) is 0 Å². The maximum Gasteiger partial charge on any atom is 0.219 e. The Hall–Kier alpha value is -3.41. The summed E-state index contributed by atoms with van der Waals surface area (Å²) >= 11 is 0. The average Bonchev–Trinajstić information content (AvgIpc) is 3.27. The number of benzene rings is 2. The van der Waals surface area contributed by atoms with Gasteiger partial charge in [0, 0.05) is 68.0 Å². The van der Waals surface area contributed by atoms with E-state index >= 15 is 0 Å². The van der Waals surface area contributed by atoms with Crippen molar-refractivity contribution >= 4 is 33.5 Å². The van der Waals surface area contributed by atoms with Gasteiger partial charge in [-0.2, -0.15) is 0 Å². The Morgan fingerprint density at radius 2 is 1.82 bits per heavy atom. The molecule has 33 heavy (non-hydrogen) atoms. The lowest BCUT2D eigenvalue weighted by molar-refractivity contribution is -0.129. The number of amides is 1. The van der Waals surface area contributed by atoms with Gasteiger partial charge in [0.2, 0.25) is 5.91 Å². The lowest BCUT2D eigenvalue weighted by Gasteiger charge is -2.32. The van der Waals surface area contributed by atoms with Crippen LogP contribution < -0.4 is 5.32 Å². The highest BCUT2D eigenvalue weighted by Crippen LogP contribution is 2.33. The van der Waals surface area contributed by atoms with E-state index in [1.807, 2.05) is 18.7 Å². The zero-order chi connectivity index (χ0) is 23.4. The summed E-state index contributed by atoms with van der Waals surface area (Å²) < 4.78 is 2.26. The highest BCUT2D eigenvalue weighted by atomic mass is 16.2. The third-order valence-electron chi connectivity index (χ3n) is 6.31. The first-order valence-corrected chi connectivity index (χ1v) is 12.0. The summed E-state index contributed by atoms with van der Waals surface area (Å²) in [7, 11) is 0. The summed E-state index contributed by atoms with van der Waals surface area (Å²) in [5.74, 6) is 0.161. The molecular formula is C27H33N5O. The largest absolute Gasteiger partial charge is 0.382 e. The summed E-state index contributed by atoms with van der Waals surface area (Å²) in [6, 6.07) is 13.4. The number of anilines is 1. The average molecular weight is 444 g/mol. The van der Waals surface area contributed by atoms with Gasteiger partial charge in [-0.3, -0.25) is 14.8 Å². The molecule has 1 N–H and O–H groups in total. The topological polar surface area (TPSA) is 63.1 Å². The Bertz CT molecular complexity index is 1250. The standard InChI is InChI=1S/C25H27N5O.C2H6/c1-3-29-11-6-18-4-5-19(14-24(18)29)22-15-21(16-23-25(22)27-10-9-26-23)28-20-7-12-30(13-8-20)17(2)31;1-2/h4-6,9-11,14-16,20,28H,3,7-8,12-13H2,1-2H3;1-2H3. The summed E-state index contributed by atoms with van der Waals surface area (Å²) in [6.45, 7) is 10.4. The van der Waals surface area contributed by atoms with Crippen LogP contribution in [-0.2, 0) is 11.3 Å². The van der Waals surface area contributed by atoms with Crippen LogP contribution in [0.25, 0.3) is 33.1 Å². The fourth-order valence-corrected chi connectivity index (χ4v) is 4.58. The molecule has 0 radical (unpaired) electrons. The second-order valence-corrected chi connectivity index (χ2v) is 8.25. The van der Waals surface area contributed by atoms with Crippen molar-refractivity contribution in [2.75, 3.05) is 18.4 Å². The van der Waals surface area contributed by atoms with Gasteiger partial charge >= 0.3 is 0 Å². The number of aryl methyl sites for hydroxylation is 1. The number of fused-ring (bicyclic) bond motifs is 2. The van der Waals surface area contributed by atoms with E-state index in [4.69, 9.17) is 0 Å². The van der Waals surface area contributed by atoms with E-state index in [0.29, 0.717) is 6.04 Å². The van der Waals surface area contributed by atoms with Crippen molar-refractivity contribution in [2.24, 2.45) is 0 Å². The number of likely N-dealkylation sites (tertiary alicyclic amines) is 1. The van der Waals surface area contributed by atoms with E-state index < -0.39 is 0 Å². The lowest BCUT2D eigenvalue weighted by atomic mass is 10.00. The molecular weight excluding hydrogens is 410 g/mol. The molecule has 172 valence electrons. The van der Waals surface area contributed by atoms with Gasteiger partial charge in [-0.05, 0) is 55.0 Å². The van der Waals surface area contributed by atoms with Gasteiger partial charge in [0.05, 0.1) is 11.0 Å². The molecule has 3 heterocycles. The second-order valence-electron chi connectivity index (χ2n) is 8.25. The molecule has 1 fully saturated rings. The van der Waals surface area contributed by atoms with Crippen molar-refractivity contribution in [3.8, 4) is 11.1 Å². The summed E-state index contributed by atoms with van der Waals surface area (Å²) in [4.78, 5) is 22.8. The normalized spacial score (nSPS) is 14.2. The first-order valence-electron chi connectivity index (χ1n) is 12.0. The molecule has 0 bridgehead atoms. The van der Waals surface area contributed by atoms with Gasteiger partial charge in [0.1, 0.15) is 0 Å². The first-order chi connectivity index (χ1) is 16.1. The number of carbonyl (C=O) groups is 1. The van der Waals surface area contributed by atoms with E-state index in [-0.39, 0.29) is 5.91 Å². The third kappa shape index (κ3) is 4.70. The minimum absolute atomic E-state index is 0.161. The number of hydrogen-bond donors (Lipinski definition) is 1. The monoisotopic (exact) mass is 443 g/mol. The molecule has 0 unspecified atom stereocenters. The molecule has 0 saturated carbocycles.